The Morgan fingerprint density at radius 3 is 1.86 bits per heavy atom. The number of benzene rings is 1. The molecular weight excluding hydrogens is 304 g/mol. The first-order valence-corrected chi connectivity index (χ1v) is 5.35. The molecular formula is C8H4BrCl2F3. The second-order valence-corrected chi connectivity index (χ2v) is 3.94. The minimum atomic E-state index is -4.51. The molecule has 0 saturated carbocycles. The van der Waals surface area contributed by atoms with Crippen molar-refractivity contribution in [2.24, 2.45) is 0 Å². The summed E-state index contributed by atoms with van der Waals surface area (Å²) in [5.41, 5.74) is -0.376. The zero-order chi connectivity index (χ0) is 10.9. The Kier molecular flexibility index (Phi) is 3.72. The van der Waals surface area contributed by atoms with Crippen molar-refractivity contribution in [1.29, 1.82) is 0 Å². The molecule has 1 aromatic carbocycles. The summed E-state index contributed by atoms with van der Waals surface area (Å²) in [6, 6.07) is 2.48. The number of rotatable bonds is 1. The average Bonchev–Trinajstić information content (AvgIpc) is 1.99. The van der Waals surface area contributed by atoms with Gasteiger partial charge < -0.3 is 0 Å². The third-order valence-corrected chi connectivity index (χ3v) is 2.78. The van der Waals surface area contributed by atoms with Gasteiger partial charge in [0.25, 0.3) is 0 Å². The molecule has 78 valence electrons. The Labute approximate surface area is 97.1 Å². The van der Waals surface area contributed by atoms with Crippen LogP contribution < -0.4 is 0 Å². The lowest BCUT2D eigenvalue weighted by molar-refractivity contribution is -0.137. The van der Waals surface area contributed by atoms with Crippen molar-refractivity contribution in [2.45, 2.75) is 11.5 Å². The van der Waals surface area contributed by atoms with E-state index in [-0.39, 0.29) is 10.0 Å². The van der Waals surface area contributed by atoms with Gasteiger partial charge in [0, 0.05) is 5.33 Å². The fraction of sp³-hybridized carbons (Fsp3) is 0.250. The highest BCUT2D eigenvalue weighted by Gasteiger charge is 2.35. The van der Waals surface area contributed by atoms with Gasteiger partial charge in [0.2, 0.25) is 0 Å². The van der Waals surface area contributed by atoms with Gasteiger partial charge in [-0.15, -0.1) is 0 Å². The highest BCUT2D eigenvalue weighted by Crippen LogP contribution is 2.40. The summed E-state index contributed by atoms with van der Waals surface area (Å²) < 4.78 is 37.1. The molecule has 0 amide bonds. The Morgan fingerprint density at radius 1 is 1.14 bits per heavy atom. The van der Waals surface area contributed by atoms with Crippen LogP contribution in [0, 0.1) is 0 Å². The maximum absolute atomic E-state index is 12.4. The van der Waals surface area contributed by atoms with E-state index in [0.29, 0.717) is 10.9 Å². The van der Waals surface area contributed by atoms with Crippen LogP contribution in [0.1, 0.15) is 11.1 Å². The van der Waals surface area contributed by atoms with Gasteiger partial charge in [0.05, 0.1) is 15.6 Å². The quantitative estimate of drug-likeness (QED) is 0.647. The van der Waals surface area contributed by atoms with Crippen LogP contribution in [0.2, 0.25) is 10.0 Å². The van der Waals surface area contributed by atoms with E-state index in [1.165, 1.54) is 12.1 Å². The number of alkyl halides is 4. The van der Waals surface area contributed by atoms with Crippen LogP contribution in [0.3, 0.4) is 0 Å². The Bertz CT molecular complexity index is 326. The molecule has 0 N–H and O–H groups in total. The molecule has 1 rings (SSSR count). The van der Waals surface area contributed by atoms with Crippen LogP contribution in [0.15, 0.2) is 12.1 Å². The monoisotopic (exact) mass is 306 g/mol. The first-order valence-electron chi connectivity index (χ1n) is 3.47. The molecule has 0 nitrogen and oxygen atoms in total. The van der Waals surface area contributed by atoms with Gasteiger partial charge in [-0.25, -0.2) is 0 Å². The van der Waals surface area contributed by atoms with Crippen LogP contribution in [-0.2, 0) is 11.5 Å². The lowest BCUT2D eigenvalue weighted by atomic mass is 10.1. The number of hydrogen-bond donors (Lipinski definition) is 0. The van der Waals surface area contributed by atoms with Crippen molar-refractivity contribution in [3.63, 3.8) is 0 Å². The van der Waals surface area contributed by atoms with E-state index >= 15 is 0 Å². The van der Waals surface area contributed by atoms with E-state index in [4.69, 9.17) is 23.2 Å². The number of hydrogen-bond acceptors (Lipinski definition) is 0. The lowest BCUT2D eigenvalue weighted by Crippen LogP contribution is -2.07. The van der Waals surface area contributed by atoms with E-state index in [1.54, 1.807) is 0 Å². The third kappa shape index (κ3) is 2.55. The van der Waals surface area contributed by atoms with E-state index in [9.17, 15) is 13.2 Å². The standard InChI is InChI=1S/C8H4BrCl2F3/c9-3-4-1-5(10)7(6(11)2-4)8(12,13)14/h1-2H,3H2. The van der Waals surface area contributed by atoms with Crippen molar-refractivity contribution in [3.05, 3.63) is 33.3 Å². The zero-order valence-electron chi connectivity index (χ0n) is 6.63. The van der Waals surface area contributed by atoms with Crippen LogP contribution >= 0.6 is 39.1 Å². The van der Waals surface area contributed by atoms with Crippen LogP contribution in [0.25, 0.3) is 0 Å². The molecule has 0 aliphatic heterocycles. The van der Waals surface area contributed by atoms with Gasteiger partial charge >= 0.3 is 6.18 Å². The van der Waals surface area contributed by atoms with E-state index < -0.39 is 11.7 Å². The summed E-state index contributed by atoms with van der Waals surface area (Å²) in [4.78, 5) is 0. The van der Waals surface area contributed by atoms with Crippen molar-refractivity contribution in [3.8, 4) is 0 Å². The van der Waals surface area contributed by atoms with Crippen LogP contribution in [0.4, 0.5) is 13.2 Å². The van der Waals surface area contributed by atoms with Crippen molar-refractivity contribution >= 4 is 39.1 Å². The normalized spacial score (nSPS) is 11.9. The summed E-state index contributed by atoms with van der Waals surface area (Å²) in [5.74, 6) is 0. The number of halogens is 6. The second kappa shape index (κ2) is 4.29. The maximum atomic E-state index is 12.4. The molecule has 0 aliphatic rings. The lowest BCUT2D eigenvalue weighted by Gasteiger charge is -2.11. The highest BCUT2D eigenvalue weighted by molar-refractivity contribution is 9.08. The molecule has 0 radical (unpaired) electrons. The molecule has 0 heterocycles. The first-order chi connectivity index (χ1) is 6.36. The van der Waals surface area contributed by atoms with E-state index in [0.717, 1.165) is 0 Å². The molecule has 0 spiro atoms. The first kappa shape index (κ1) is 12.1. The predicted octanol–water partition coefficient (Wildman–Crippen LogP) is 4.91. The van der Waals surface area contributed by atoms with Gasteiger partial charge in [-0.05, 0) is 17.7 Å². The summed E-state index contributed by atoms with van der Waals surface area (Å²) in [7, 11) is 0. The van der Waals surface area contributed by atoms with E-state index in [1.807, 2.05) is 0 Å². The molecule has 6 heteroatoms. The summed E-state index contributed by atoms with van der Waals surface area (Å²) in [6.45, 7) is 0. The van der Waals surface area contributed by atoms with Crippen molar-refractivity contribution < 1.29 is 13.2 Å². The Balaban J connectivity index is 3.33. The second-order valence-electron chi connectivity index (χ2n) is 2.57. The minimum Gasteiger partial charge on any atom is -0.166 e. The van der Waals surface area contributed by atoms with Gasteiger partial charge in [0.15, 0.2) is 0 Å². The predicted molar refractivity (Wildman–Crippen MR) is 54.1 cm³/mol. The van der Waals surface area contributed by atoms with E-state index in [2.05, 4.69) is 15.9 Å². The summed E-state index contributed by atoms with van der Waals surface area (Å²) in [6.07, 6.45) is -4.51. The highest BCUT2D eigenvalue weighted by atomic mass is 79.9. The molecule has 0 fully saturated rings. The Hall–Kier alpha value is 0.0700. The molecule has 0 saturated heterocycles. The molecule has 0 bridgehead atoms. The van der Waals surface area contributed by atoms with Gasteiger partial charge in [-0.1, -0.05) is 39.1 Å². The van der Waals surface area contributed by atoms with Gasteiger partial charge in [-0.2, -0.15) is 13.2 Å². The Morgan fingerprint density at radius 2 is 1.57 bits per heavy atom. The molecule has 0 unspecified atom stereocenters. The topological polar surface area (TPSA) is 0 Å². The zero-order valence-corrected chi connectivity index (χ0v) is 9.73. The molecule has 0 aromatic heterocycles. The summed E-state index contributed by atoms with van der Waals surface area (Å²) >= 11 is 14.0. The van der Waals surface area contributed by atoms with Crippen LogP contribution in [-0.4, -0.2) is 0 Å². The fourth-order valence-corrected chi connectivity index (χ4v) is 2.04. The molecule has 0 aliphatic carbocycles. The average molecular weight is 308 g/mol. The minimum absolute atomic E-state index is 0.376. The largest absolute Gasteiger partial charge is 0.419 e. The fourth-order valence-electron chi connectivity index (χ4n) is 0.974. The SMILES string of the molecule is FC(F)(F)c1c(Cl)cc(CBr)cc1Cl. The van der Waals surface area contributed by atoms with Gasteiger partial charge in [0.1, 0.15) is 0 Å². The molecule has 1 aromatic rings. The third-order valence-electron chi connectivity index (χ3n) is 1.54. The van der Waals surface area contributed by atoms with Crippen molar-refractivity contribution in [1.82, 2.24) is 0 Å². The molecule has 14 heavy (non-hydrogen) atoms. The van der Waals surface area contributed by atoms with Crippen LogP contribution in [0.5, 0.6) is 0 Å². The smallest absolute Gasteiger partial charge is 0.166 e. The summed E-state index contributed by atoms with van der Waals surface area (Å²) in [5, 5.41) is -0.344. The molecule has 0 atom stereocenters. The van der Waals surface area contributed by atoms with Crippen molar-refractivity contribution in [2.75, 3.05) is 0 Å². The van der Waals surface area contributed by atoms with Gasteiger partial charge in [-0.3, -0.25) is 0 Å². The maximum Gasteiger partial charge on any atom is 0.419 e.